The van der Waals surface area contributed by atoms with Crippen molar-refractivity contribution in [1.82, 2.24) is 0 Å². The number of carboxylic acids is 2. The molecule has 0 heterocycles. The van der Waals surface area contributed by atoms with E-state index in [1.165, 1.54) is 0 Å². The number of hydrogen-bond acceptors (Lipinski definition) is 3. The molecular weight excluding hydrogens is 415 g/mol. The summed E-state index contributed by atoms with van der Waals surface area (Å²) in [5.74, 6) is -3.48. The molecule has 0 saturated carbocycles. The number of benzene rings is 2. The van der Waals surface area contributed by atoms with Crippen LogP contribution in [0.2, 0.25) is 0 Å². The fourth-order valence-electron chi connectivity index (χ4n) is 4.36. The second-order valence-electron chi connectivity index (χ2n) is 8.14. The summed E-state index contributed by atoms with van der Waals surface area (Å²) in [6, 6.07) is 13.4. The van der Waals surface area contributed by atoms with Gasteiger partial charge in [-0.15, -0.1) is 0 Å². The van der Waals surface area contributed by atoms with Gasteiger partial charge in [0, 0.05) is 12.1 Å². The second-order valence-corrected chi connectivity index (χ2v) is 10.8. The van der Waals surface area contributed by atoms with E-state index in [4.69, 9.17) is 5.11 Å². The van der Waals surface area contributed by atoms with E-state index < -0.39 is 36.5 Å². The fraction of sp³-hybridized carbons (Fsp3) is 0.500. The van der Waals surface area contributed by atoms with Crippen LogP contribution in [-0.2, 0) is 14.2 Å². The number of rotatable bonds is 13. The predicted octanol–water partition coefficient (Wildman–Crippen LogP) is 6.08. The molecular formula is C24H33O6P. The summed E-state index contributed by atoms with van der Waals surface area (Å²) in [4.78, 5) is 34.5. The SMILES string of the molecule is CCCCCC(C(CCC(=O)O)C(=O)O)P(=O)(O)C(CC)c1ccc2ccccc2c1. The molecule has 170 valence electrons. The molecule has 0 amide bonds. The lowest BCUT2D eigenvalue weighted by atomic mass is 9.95. The highest BCUT2D eigenvalue weighted by Gasteiger charge is 2.45. The van der Waals surface area contributed by atoms with Gasteiger partial charge >= 0.3 is 11.9 Å². The van der Waals surface area contributed by atoms with Crippen molar-refractivity contribution in [2.75, 3.05) is 0 Å². The van der Waals surface area contributed by atoms with Crippen molar-refractivity contribution < 1.29 is 29.3 Å². The zero-order valence-electron chi connectivity index (χ0n) is 18.2. The van der Waals surface area contributed by atoms with E-state index in [1.807, 2.05) is 56.3 Å². The Bertz CT molecular complexity index is 941. The predicted molar refractivity (Wildman–Crippen MR) is 123 cm³/mol. The average molecular weight is 448 g/mol. The number of aliphatic carboxylic acids is 2. The van der Waals surface area contributed by atoms with Gasteiger partial charge in [-0.05, 0) is 35.6 Å². The Labute approximate surface area is 183 Å². The van der Waals surface area contributed by atoms with Crippen LogP contribution >= 0.6 is 7.37 Å². The van der Waals surface area contributed by atoms with E-state index in [9.17, 15) is 24.2 Å². The lowest BCUT2D eigenvalue weighted by Gasteiger charge is -2.33. The van der Waals surface area contributed by atoms with Crippen LogP contribution in [0.15, 0.2) is 42.5 Å². The van der Waals surface area contributed by atoms with E-state index in [0.29, 0.717) is 19.3 Å². The first-order valence-corrected chi connectivity index (χ1v) is 12.8. The van der Waals surface area contributed by atoms with Crippen molar-refractivity contribution >= 4 is 30.1 Å². The number of carbonyl (C=O) groups is 2. The third-order valence-electron chi connectivity index (χ3n) is 6.02. The fourth-order valence-corrected chi connectivity index (χ4v) is 7.28. The second kappa shape index (κ2) is 11.4. The molecule has 0 aromatic heterocycles. The van der Waals surface area contributed by atoms with Crippen molar-refractivity contribution in [3.63, 3.8) is 0 Å². The van der Waals surface area contributed by atoms with Crippen LogP contribution in [0, 0.1) is 5.92 Å². The van der Waals surface area contributed by atoms with Crippen LogP contribution in [0.4, 0.5) is 0 Å². The lowest BCUT2D eigenvalue weighted by Crippen LogP contribution is -2.30. The van der Waals surface area contributed by atoms with Gasteiger partial charge in [-0.2, -0.15) is 0 Å². The van der Waals surface area contributed by atoms with E-state index in [2.05, 4.69) is 0 Å². The number of fused-ring (bicyclic) bond motifs is 1. The molecule has 0 aliphatic heterocycles. The van der Waals surface area contributed by atoms with Crippen molar-refractivity contribution in [2.24, 2.45) is 5.92 Å². The molecule has 0 fully saturated rings. The monoisotopic (exact) mass is 448 g/mol. The Morgan fingerprint density at radius 2 is 1.65 bits per heavy atom. The minimum Gasteiger partial charge on any atom is -0.481 e. The van der Waals surface area contributed by atoms with Gasteiger partial charge in [-0.1, -0.05) is 75.6 Å². The number of carboxylic acid groups (broad SMARTS) is 2. The van der Waals surface area contributed by atoms with Gasteiger partial charge in [0.1, 0.15) is 0 Å². The Hall–Kier alpha value is -2.17. The smallest absolute Gasteiger partial charge is 0.307 e. The summed E-state index contributed by atoms with van der Waals surface area (Å²) in [7, 11) is -4.00. The first-order valence-electron chi connectivity index (χ1n) is 11.0. The minimum absolute atomic E-state index is 0.153. The highest BCUT2D eigenvalue weighted by atomic mass is 31.2. The van der Waals surface area contributed by atoms with Crippen LogP contribution in [0.3, 0.4) is 0 Å². The molecule has 7 heteroatoms. The van der Waals surface area contributed by atoms with Crippen LogP contribution in [0.25, 0.3) is 10.8 Å². The molecule has 31 heavy (non-hydrogen) atoms. The maximum Gasteiger partial charge on any atom is 0.307 e. The van der Waals surface area contributed by atoms with Crippen molar-refractivity contribution in [1.29, 1.82) is 0 Å². The van der Waals surface area contributed by atoms with Gasteiger partial charge in [0.05, 0.1) is 11.6 Å². The van der Waals surface area contributed by atoms with Crippen molar-refractivity contribution in [2.45, 2.75) is 70.1 Å². The van der Waals surface area contributed by atoms with Crippen LogP contribution < -0.4 is 0 Å². The zero-order chi connectivity index (χ0) is 23.0. The van der Waals surface area contributed by atoms with Crippen molar-refractivity contribution in [3.8, 4) is 0 Å². The van der Waals surface area contributed by atoms with E-state index in [-0.39, 0.29) is 12.8 Å². The largest absolute Gasteiger partial charge is 0.481 e. The maximum absolute atomic E-state index is 13.9. The summed E-state index contributed by atoms with van der Waals surface area (Å²) < 4.78 is 13.9. The molecule has 6 nitrogen and oxygen atoms in total. The zero-order valence-corrected chi connectivity index (χ0v) is 19.1. The average Bonchev–Trinajstić information content (AvgIpc) is 2.72. The Kier molecular flexibility index (Phi) is 9.27. The maximum atomic E-state index is 13.9. The van der Waals surface area contributed by atoms with Gasteiger partial charge in [-0.3, -0.25) is 14.2 Å². The summed E-state index contributed by atoms with van der Waals surface area (Å²) in [5.41, 5.74) is -0.961. The molecule has 2 aromatic rings. The van der Waals surface area contributed by atoms with Gasteiger partial charge in [-0.25, -0.2) is 0 Å². The summed E-state index contributed by atoms with van der Waals surface area (Å²) in [6.45, 7) is 3.84. The molecule has 0 saturated heterocycles. The standard InChI is InChI=1S/C24H33O6P/c1-3-5-6-11-22(20(24(27)28)14-15-23(25)26)31(29,30)21(4-2)19-13-12-17-9-7-8-10-18(17)16-19/h7-10,12-13,16,20-22H,3-6,11,14-15H2,1-2H3,(H,25,26)(H,27,28)(H,29,30). The molecule has 0 aliphatic rings. The highest BCUT2D eigenvalue weighted by molar-refractivity contribution is 7.59. The summed E-state index contributed by atoms with van der Waals surface area (Å²) >= 11 is 0. The number of hydrogen-bond donors (Lipinski definition) is 3. The Balaban J connectivity index is 2.46. The van der Waals surface area contributed by atoms with E-state index >= 15 is 0 Å². The topological polar surface area (TPSA) is 112 Å². The van der Waals surface area contributed by atoms with Crippen LogP contribution in [0.5, 0.6) is 0 Å². The molecule has 2 rings (SSSR count). The van der Waals surface area contributed by atoms with E-state index in [0.717, 1.165) is 29.2 Å². The third-order valence-corrected chi connectivity index (χ3v) is 9.15. The molecule has 3 N–H and O–H groups in total. The molecule has 4 atom stereocenters. The number of unbranched alkanes of at least 4 members (excludes halogenated alkanes) is 2. The highest BCUT2D eigenvalue weighted by Crippen LogP contribution is 2.64. The van der Waals surface area contributed by atoms with Crippen LogP contribution in [-0.4, -0.2) is 32.7 Å². The van der Waals surface area contributed by atoms with Crippen molar-refractivity contribution in [3.05, 3.63) is 48.0 Å². The van der Waals surface area contributed by atoms with Gasteiger partial charge < -0.3 is 15.1 Å². The molecule has 0 aliphatic carbocycles. The van der Waals surface area contributed by atoms with Gasteiger partial charge in [0.15, 0.2) is 0 Å². The molecule has 4 unspecified atom stereocenters. The summed E-state index contributed by atoms with van der Waals surface area (Å²) in [6.07, 6.45) is 2.56. The molecule has 2 aromatic carbocycles. The van der Waals surface area contributed by atoms with Gasteiger partial charge in [0.2, 0.25) is 7.37 Å². The Morgan fingerprint density at radius 3 is 2.23 bits per heavy atom. The first-order chi connectivity index (χ1) is 14.7. The first kappa shape index (κ1) is 25.1. The summed E-state index contributed by atoms with van der Waals surface area (Å²) in [5, 5.41) is 20.9. The molecule has 0 spiro atoms. The minimum atomic E-state index is -4.00. The van der Waals surface area contributed by atoms with Gasteiger partial charge in [0.25, 0.3) is 0 Å². The quantitative estimate of drug-likeness (QED) is 0.253. The van der Waals surface area contributed by atoms with E-state index in [1.54, 1.807) is 0 Å². The molecule has 0 bridgehead atoms. The normalized spacial score (nSPS) is 16.4. The Morgan fingerprint density at radius 1 is 0.968 bits per heavy atom. The molecule has 0 radical (unpaired) electrons. The lowest BCUT2D eigenvalue weighted by molar-refractivity contribution is -0.143. The third kappa shape index (κ3) is 6.41. The van der Waals surface area contributed by atoms with Crippen LogP contribution in [0.1, 0.15) is 70.0 Å².